The molecule has 8 heteroatoms. The number of nitrogens with one attached hydrogen (secondary N) is 2. The van der Waals surface area contributed by atoms with Gasteiger partial charge in [0.15, 0.2) is 0 Å². The molecule has 41 heavy (non-hydrogen) atoms. The van der Waals surface area contributed by atoms with Crippen LogP contribution in [0, 0.1) is 20.8 Å². The number of hydrogen-bond donors (Lipinski definition) is 2. The fraction of sp³-hybridized carbons (Fsp3) is 0.303. The van der Waals surface area contributed by atoms with Crippen LogP contribution in [0.4, 0.5) is 5.69 Å². The van der Waals surface area contributed by atoms with Gasteiger partial charge in [-0.25, -0.2) is 4.98 Å². The fourth-order valence-electron chi connectivity index (χ4n) is 5.23. The molecule has 1 aliphatic rings. The average molecular weight is 568 g/mol. The Morgan fingerprint density at radius 1 is 1.00 bits per heavy atom. The number of nitrogens with zero attached hydrogens (tertiary/aromatic N) is 3. The SMILES string of the molecule is CCN(CC)CCN(C)C(=O)c1c(C)[nH]c(/C=C2\C(=O)Nc3ccc(-c4csc(-c5ccc(C)cc5)n4)cc32)c1C. The molecule has 4 aromatic rings. The highest BCUT2D eigenvalue weighted by Crippen LogP contribution is 2.38. The van der Waals surface area contributed by atoms with E-state index in [1.165, 1.54) is 5.56 Å². The Morgan fingerprint density at radius 2 is 1.71 bits per heavy atom. The van der Waals surface area contributed by atoms with Gasteiger partial charge in [-0.05, 0) is 57.6 Å². The summed E-state index contributed by atoms with van der Waals surface area (Å²) in [5.41, 5.74) is 9.36. The number of amides is 2. The van der Waals surface area contributed by atoms with Gasteiger partial charge in [0.2, 0.25) is 0 Å². The summed E-state index contributed by atoms with van der Waals surface area (Å²) >= 11 is 1.61. The normalized spacial score (nSPS) is 13.6. The van der Waals surface area contributed by atoms with E-state index in [1.54, 1.807) is 16.2 Å². The first-order valence-corrected chi connectivity index (χ1v) is 15.0. The number of carbonyl (C=O) groups is 2. The van der Waals surface area contributed by atoms with Crippen LogP contribution in [0.25, 0.3) is 33.5 Å². The molecule has 7 nitrogen and oxygen atoms in total. The van der Waals surface area contributed by atoms with Gasteiger partial charge in [0.1, 0.15) is 5.01 Å². The van der Waals surface area contributed by atoms with E-state index in [0.717, 1.165) is 69.7 Å². The molecule has 0 atom stereocenters. The van der Waals surface area contributed by atoms with E-state index < -0.39 is 0 Å². The molecule has 0 spiro atoms. The molecule has 0 unspecified atom stereocenters. The molecule has 2 aromatic heterocycles. The van der Waals surface area contributed by atoms with Crippen LogP contribution in [0.1, 0.15) is 52.3 Å². The van der Waals surface area contributed by atoms with E-state index in [1.807, 2.05) is 45.2 Å². The summed E-state index contributed by atoms with van der Waals surface area (Å²) in [7, 11) is 1.85. The summed E-state index contributed by atoms with van der Waals surface area (Å²) in [6.07, 6.45) is 1.86. The highest BCUT2D eigenvalue weighted by Gasteiger charge is 2.27. The van der Waals surface area contributed by atoms with Crippen molar-refractivity contribution in [1.82, 2.24) is 19.8 Å². The maximum Gasteiger partial charge on any atom is 0.256 e. The zero-order chi connectivity index (χ0) is 29.3. The van der Waals surface area contributed by atoms with Crippen LogP contribution in [0.3, 0.4) is 0 Å². The molecule has 0 fully saturated rings. The first kappa shape index (κ1) is 28.5. The third-order valence-electron chi connectivity index (χ3n) is 7.87. The highest BCUT2D eigenvalue weighted by atomic mass is 32.1. The lowest BCUT2D eigenvalue weighted by atomic mass is 10.0. The smallest absolute Gasteiger partial charge is 0.256 e. The summed E-state index contributed by atoms with van der Waals surface area (Å²) in [5, 5.41) is 6.00. The Labute approximate surface area is 245 Å². The van der Waals surface area contributed by atoms with Crippen LogP contribution >= 0.6 is 11.3 Å². The van der Waals surface area contributed by atoms with Gasteiger partial charge in [-0.2, -0.15) is 0 Å². The van der Waals surface area contributed by atoms with Crippen LogP contribution < -0.4 is 5.32 Å². The molecule has 5 rings (SSSR count). The lowest BCUT2D eigenvalue weighted by Crippen LogP contribution is -2.36. The van der Waals surface area contributed by atoms with Crippen molar-refractivity contribution in [3.05, 3.63) is 81.5 Å². The number of H-pyrrole nitrogens is 1. The van der Waals surface area contributed by atoms with Gasteiger partial charge in [-0.15, -0.1) is 11.3 Å². The van der Waals surface area contributed by atoms with Gasteiger partial charge < -0.3 is 20.1 Å². The molecule has 0 aliphatic carbocycles. The van der Waals surface area contributed by atoms with E-state index in [-0.39, 0.29) is 11.8 Å². The minimum Gasteiger partial charge on any atom is -0.358 e. The second-order valence-corrected chi connectivity index (χ2v) is 11.5. The lowest BCUT2D eigenvalue weighted by molar-refractivity contribution is -0.110. The first-order valence-electron chi connectivity index (χ1n) is 14.1. The molecule has 212 valence electrons. The predicted molar refractivity (Wildman–Crippen MR) is 169 cm³/mol. The van der Waals surface area contributed by atoms with Crippen molar-refractivity contribution in [2.75, 3.05) is 38.5 Å². The van der Waals surface area contributed by atoms with Crippen molar-refractivity contribution >= 4 is 40.5 Å². The molecule has 0 saturated heterocycles. The lowest BCUT2D eigenvalue weighted by Gasteiger charge is -2.23. The Balaban J connectivity index is 1.42. The van der Waals surface area contributed by atoms with E-state index in [9.17, 15) is 9.59 Å². The average Bonchev–Trinajstić information content (AvgIpc) is 3.65. The molecule has 0 bridgehead atoms. The summed E-state index contributed by atoms with van der Waals surface area (Å²) in [4.78, 5) is 38.8. The standard InChI is InChI=1S/C33H37N5O2S/c1-7-38(8-2)16-15-37(6)33(40)30-21(4)28(34-22(30)5)18-26-25-17-24(13-14-27(25)35-31(26)39)29-19-41-32(36-29)23-11-9-20(3)10-12-23/h9-14,17-19,34H,7-8,15-16H2,1-6H3,(H,35,39)/b26-18-. The molecular formula is C33H37N5O2S. The minimum absolute atomic E-state index is 0.0143. The van der Waals surface area contributed by atoms with Crippen molar-refractivity contribution in [3.8, 4) is 21.8 Å². The number of aromatic nitrogens is 2. The van der Waals surface area contributed by atoms with E-state index in [2.05, 4.69) is 65.6 Å². The number of carbonyl (C=O) groups excluding carboxylic acids is 2. The first-order chi connectivity index (χ1) is 19.7. The van der Waals surface area contributed by atoms with Gasteiger partial charge in [0.05, 0.1) is 16.8 Å². The maximum atomic E-state index is 13.4. The summed E-state index contributed by atoms with van der Waals surface area (Å²) in [6.45, 7) is 13.6. The second kappa shape index (κ2) is 11.8. The third-order valence-corrected chi connectivity index (χ3v) is 8.76. The molecule has 2 amide bonds. The quantitative estimate of drug-likeness (QED) is 0.222. The summed E-state index contributed by atoms with van der Waals surface area (Å²) in [6, 6.07) is 14.3. The molecule has 1 aliphatic heterocycles. The Morgan fingerprint density at radius 3 is 2.41 bits per heavy atom. The van der Waals surface area contributed by atoms with Crippen LogP contribution in [0.2, 0.25) is 0 Å². The van der Waals surface area contributed by atoms with Gasteiger partial charge in [0.25, 0.3) is 11.8 Å². The number of aryl methyl sites for hydroxylation is 2. The number of fused-ring (bicyclic) bond motifs is 1. The summed E-state index contributed by atoms with van der Waals surface area (Å²) < 4.78 is 0. The number of thiazole rings is 1. The number of anilines is 1. The maximum absolute atomic E-state index is 13.4. The zero-order valence-corrected chi connectivity index (χ0v) is 25.4. The molecular weight excluding hydrogens is 530 g/mol. The number of hydrogen-bond acceptors (Lipinski definition) is 5. The minimum atomic E-state index is -0.161. The van der Waals surface area contributed by atoms with Gasteiger partial charge in [0, 0.05) is 59.3 Å². The molecule has 3 heterocycles. The van der Waals surface area contributed by atoms with Gasteiger partial charge >= 0.3 is 0 Å². The van der Waals surface area contributed by atoms with Crippen LogP contribution in [0.5, 0.6) is 0 Å². The Bertz CT molecular complexity index is 1630. The van der Waals surface area contributed by atoms with Crippen LogP contribution in [-0.4, -0.2) is 64.8 Å². The largest absolute Gasteiger partial charge is 0.358 e. The predicted octanol–water partition coefficient (Wildman–Crippen LogP) is 6.64. The van der Waals surface area contributed by atoms with Crippen molar-refractivity contribution in [3.63, 3.8) is 0 Å². The van der Waals surface area contributed by atoms with Gasteiger partial charge in [-0.1, -0.05) is 49.7 Å². The third kappa shape index (κ3) is 5.76. The number of rotatable bonds is 9. The van der Waals surface area contributed by atoms with E-state index >= 15 is 0 Å². The topological polar surface area (TPSA) is 81.3 Å². The molecule has 0 saturated carbocycles. The number of likely N-dealkylation sites (N-methyl/N-ethyl adjacent to an activating group) is 2. The molecule has 2 N–H and O–H groups in total. The van der Waals surface area contributed by atoms with Gasteiger partial charge in [-0.3, -0.25) is 9.59 Å². The highest BCUT2D eigenvalue weighted by molar-refractivity contribution is 7.13. The van der Waals surface area contributed by atoms with Crippen LogP contribution in [-0.2, 0) is 4.79 Å². The fourth-order valence-corrected chi connectivity index (χ4v) is 6.07. The van der Waals surface area contributed by atoms with E-state index in [0.29, 0.717) is 17.7 Å². The van der Waals surface area contributed by atoms with Crippen molar-refractivity contribution in [2.24, 2.45) is 0 Å². The second-order valence-electron chi connectivity index (χ2n) is 10.6. The molecule has 2 aromatic carbocycles. The van der Waals surface area contributed by atoms with Crippen molar-refractivity contribution in [2.45, 2.75) is 34.6 Å². The summed E-state index contributed by atoms with van der Waals surface area (Å²) in [5.74, 6) is -0.175. The number of benzene rings is 2. The molecule has 0 radical (unpaired) electrons. The van der Waals surface area contributed by atoms with Crippen molar-refractivity contribution in [1.29, 1.82) is 0 Å². The monoisotopic (exact) mass is 567 g/mol. The zero-order valence-electron chi connectivity index (χ0n) is 24.6. The Kier molecular flexibility index (Phi) is 8.24. The van der Waals surface area contributed by atoms with Crippen molar-refractivity contribution < 1.29 is 9.59 Å². The van der Waals surface area contributed by atoms with Crippen LogP contribution in [0.15, 0.2) is 47.8 Å². The number of aromatic amines is 1. The van der Waals surface area contributed by atoms with E-state index in [4.69, 9.17) is 4.98 Å². The Hall–Kier alpha value is -4.01.